The number of carbonyl (C=O) groups excluding carboxylic acids is 2. The number of nitrogens with one attached hydrogen (secondary N) is 3. The lowest BCUT2D eigenvalue weighted by Crippen LogP contribution is -2.22. The number of aliphatic hydroxyl groups excluding tert-OH is 1. The molecule has 34 heavy (non-hydrogen) atoms. The lowest BCUT2D eigenvalue weighted by atomic mass is 10.1. The fourth-order valence-electron chi connectivity index (χ4n) is 3.09. The second kappa shape index (κ2) is 9.80. The number of methoxy groups -OCH3 is 1. The molecule has 2 aromatic heterocycles. The maximum atomic E-state index is 12.7. The number of anilines is 3. The summed E-state index contributed by atoms with van der Waals surface area (Å²) in [6.07, 6.45) is 1.54. The van der Waals surface area contributed by atoms with Gasteiger partial charge in [-0.2, -0.15) is 4.98 Å². The Balaban J connectivity index is 1.71. The summed E-state index contributed by atoms with van der Waals surface area (Å²) in [5, 5.41) is 28.2. The number of ether oxygens (including phenoxy) is 1. The Bertz CT molecular complexity index is 1310. The van der Waals surface area contributed by atoms with Crippen LogP contribution >= 0.6 is 0 Å². The molecule has 178 valence electrons. The molecule has 2 amide bonds. The fourth-order valence-corrected chi connectivity index (χ4v) is 3.09. The third-order valence-corrected chi connectivity index (χ3v) is 5.01. The predicted octanol–water partition coefficient (Wildman–Crippen LogP) is 0.979. The molecule has 0 saturated heterocycles. The van der Waals surface area contributed by atoms with Gasteiger partial charge >= 0.3 is 0 Å². The van der Waals surface area contributed by atoms with Crippen LogP contribution in [0.15, 0.2) is 28.8 Å². The molecule has 4 rings (SSSR count). The van der Waals surface area contributed by atoms with Crippen LogP contribution in [-0.4, -0.2) is 58.0 Å². The highest BCUT2D eigenvalue weighted by atomic mass is 16.5. The van der Waals surface area contributed by atoms with Crippen LogP contribution in [-0.2, 0) is 4.79 Å². The minimum absolute atomic E-state index is 0.0480. The second-order valence-corrected chi connectivity index (χ2v) is 7.47. The maximum Gasteiger partial charge on any atom is 0.273 e. The minimum Gasteiger partial charge on any atom is -0.494 e. The molecular formula is C21H24N8O5. The number of benzene rings is 1. The average molecular weight is 471 g/mol. The highest BCUT2D eigenvalue weighted by molar-refractivity contribution is 6.00. The zero-order valence-corrected chi connectivity index (χ0v) is 18.0. The quantitative estimate of drug-likeness (QED) is 0.299. The second-order valence-electron chi connectivity index (χ2n) is 7.47. The SMILES string of the molecule is [2H]C([2H])([2H])NC(=O)c1nnc(NC(=O)C2CC2)cc1Nc1cccc(-c2nc([C@H](N)CO)no2)c1OC. The largest absolute Gasteiger partial charge is 0.494 e. The molecule has 1 atom stereocenters. The normalized spacial score (nSPS) is 15.4. The summed E-state index contributed by atoms with van der Waals surface area (Å²) < 4.78 is 32.8. The van der Waals surface area contributed by atoms with E-state index in [1.54, 1.807) is 18.2 Å². The van der Waals surface area contributed by atoms with Crippen molar-refractivity contribution >= 4 is 29.0 Å². The third-order valence-electron chi connectivity index (χ3n) is 5.01. The number of rotatable bonds is 9. The van der Waals surface area contributed by atoms with E-state index in [-0.39, 0.29) is 53.1 Å². The molecule has 2 heterocycles. The molecule has 6 N–H and O–H groups in total. The summed E-state index contributed by atoms with van der Waals surface area (Å²) in [6, 6.07) is 5.42. The van der Waals surface area contributed by atoms with Crippen molar-refractivity contribution in [3.63, 3.8) is 0 Å². The summed E-state index contributed by atoms with van der Waals surface area (Å²) in [5.41, 5.74) is 6.16. The number of para-hydroxylation sites is 1. The van der Waals surface area contributed by atoms with Crippen LogP contribution in [0.3, 0.4) is 0 Å². The van der Waals surface area contributed by atoms with Gasteiger partial charge in [0.15, 0.2) is 23.1 Å². The van der Waals surface area contributed by atoms with Gasteiger partial charge < -0.3 is 36.1 Å². The molecule has 0 spiro atoms. The zero-order chi connectivity index (χ0) is 26.7. The molecule has 0 radical (unpaired) electrons. The topological polar surface area (TPSA) is 190 Å². The third kappa shape index (κ3) is 4.79. The van der Waals surface area contributed by atoms with Gasteiger partial charge in [0.05, 0.1) is 36.7 Å². The van der Waals surface area contributed by atoms with Crippen LogP contribution in [0.4, 0.5) is 17.2 Å². The first-order valence-electron chi connectivity index (χ1n) is 11.7. The molecule has 3 aromatic rings. The summed E-state index contributed by atoms with van der Waals surface area (Å²) in [5.74, 6) is -0.887. The van der Waals surface area contributed by atoms with Crippen molar-refractivity contribution in [2.24, 2.45) is 11.7 Å². The van der Waals surface area contributed by atoms with Gasteiger partial charge in [-0.15, -0.1) is 10.2 Å². The summed E-state index contributed by atoms with van der Waals surface area (Å²) in [6.45, 7) is -3.15. The Hall–Kier alpha value is -4.10. The predicted molar refractivity (Wildman–Crippen MR) is 120 cm³/mol. The monoisotopic (exact) mass is 471 g/mol. The van der Waals surface area contributed by atoms with E-state index in [4.69, 9.17) is 19.1 Å². The van der Waals surface area contributed by atoms with E-state index in [0.29, 0.717) is 11.3 Å². The number of nitrogens with two attached hydrogens (primary N) is 1. The Kier molecular flexibility index (Phi) is 5.59. The Morgan fingerprint density at radius 2 is 2.18 bits per heavy atom. The van der Waals surface area contributed by atoms with Crippen LogP contribution in [0, 0.1) is 5.92 Å². The summed E-state index contributed by atoms with van der Waals surface area (Å²) in [4.78, 5) is 29.1. The number of aliphatic hydroxyl groups is 1. The Morgan fingerprint density at radius 1 is 1.35 bits per heavy atom. The molecule has 1 saturated carbocycles. The van der Waals surface area contributed by atoms with E-state index in [9.17, 15) is 14.7 Å². The van der Waals surface area contributed by atoms with Crippen molar-refractivity contribution in [1.29, 1.82) is 0 Å². The van der Waals surface area contributed by atoms with Gasteiger partial charge in [-0.25, -0.2) is 0 Å². The summed E-state index contributed by atoms with van der Waals surface area (Å²) in [7, 11) is 1.40. The van der Waals surface area contributed by atoms with Crippen LogP contribution in [0.5, 0.6) is 5.75 Å². The smallest absolute Gasteiger partial charge is 0.273 e. The number of amides is 2. The van der Waals surface area contributed by atoms with Crippen molar-refractivity contribution in [2.75, 3.05) is 31.3 Å². The molecule has 1 aliphatic rings. The number of carbonyl (C=O) groups is 2. The molecule has 0 bridgehead atoms. The van der Waals surface area contributed by atoms with Crippen molar-refractivity contribution in [2.45, 2.75) is 18.9 Å². The molecule has 1 fully saturated rings. The van der Waals surface area contributed by atoms with Gasteiger partial charge in [-0.3, -0.25) is 9.59 Å². The van der Waals surface area contributed by atoms with Crippen molar-refractivity contribution in [1.82, 2.24) is 25.7 Å². The molecule has 13 nitrogen and oxygen atoms in total. The van der Waals surface area contributed by atoms with Gasteiger partial charge in [0.25, 0.3) is 11.8 Å². The standard InChI is InChI=1S/C21H24N8O5/c1-23-20(32)16-14(8-15(27-28-16)25-19(31)10-6-7-10)24-13-5-3-4-11(17(13)33-2)21-26-18(29-34-21)12(22)9-30/h3-5,8,10,12,30H,6-7,9,22H2,1-2H3,(H,23,32)(H2,24,25,27,31)/t12-/m1/s1/i1D3. The van der Waals surface area contributed by atoms with Crippen LogP contribution in [0.1, 0.15) is 39.3 Å². The van der Waals surface area contributed by atoms with Gasteiger partial charge in [0, 0.05) is 23.1 Å². The summed E-state index contributed by atoms with van der Waals surface area (Å²) >= 11 is 0. The highest BCUT2D eigenvalue weighted by Gasteiger charge is 2.30. The van der Waals surface area contributed by atoms with Crippen LogP contribution in [0.2, 0.25) is 0 Å². The van der Waals surface area contributed by atoms with Gasteiger partial charge in [0.1, 0.15) is 0 Å². The van der Waals surface area contributed by atoms with E-state index >= 15 is 0 Å². The highest BCUT2D eigenvalue weighted by Crippen LogP contribution is 2.38. The first-order valence-corrected chi connectivity index (χ1v) is 10.2. The van der Waals surface area contributed by atoms with Crippen LogP contribution in [0.25, 0.3) is 11.5 Å². The maximum absolute atomic E-state index is 12.7. The lowest BCUT2D eigenvalue weighted by molar-refractivity contribution is -0.117. The van der Waals surface area contributed by atoms with E-state index in [2.05, 4.69) is 31.0 Å². The van der Waals surface area contributed by atoms with Gasteiger partial charge in [-0.1, -0.05) is 11.2 Å². The molecular weight excluding hydrogens is 444 g/mol. The number of hydrogen-bond donors (Lipinski definition) is 5. The molecule has 0 unspecified atom stereocenters. The fraction of sp³-hybridized carbons (Fsp3) is 0.333. The number of hydrogen-bond acceptors (Lipinski definition) is 11. The lowest BCUT2D eigenvalue weighted by Gasteiger charge is -2.15. The first kappa shape index (κ1) is 19.4. The van der Waals surface area contributed by atoms with E-state index in [0.717, 1.165) is 12.8 Å². The molecule has 13 heteroatoms. The van der Waals surface area contributed by atoms with E-state index < -0.39 is 18.9 Å². The van der Waals surface area contributed by atoms with E-state index in [1.807, 2.05) is 5.32 Å². The average Bonchev–Trinajstić information content (AvgIpc) is 3.59. The number of aromatic nitrogens is 4. The van der Waals surface area contributed by atoms with Crippen molar-refractivity contribution < 1.29 is 28.1 Å². The molecule has 1 aromatic carbocycles. The van der Waals surface area contributed by atoms with Gasteiger partial charge in [-0.05, 0) is 25.0 Å². The first-order chi connectivity index (χ1) is 17.6. The minimum atomic E-state index is -2.77. The molecule has 0 aliphatic heterocycles. The zero-order valence-electron chi connectivity index (χ0n) is 21.0. The van der Waals surface area contributed by atoms with Gasteiger partial charge in [0.2, 0.25) is 5.91 Å². The van der Waals surface area contributed by atoms with Crippen LogP contribution < -0.4 is 26.4 Å². The molecule has 1 aliphatic carbocycles. The van der Waals surface area contributed by atoms with E-state index in [1.165, 1.54) is 13.2 Å². The Labute approximate surface area is 198 Å². The van der Waals surface area contributed by atoms with Crippen molar-refractivity contribution in [3.8, 4) is 17.2 Å². The van der Waals surface area contributed by atoms with Crippen molar-refractivity contribution in [3.05, 3.63) is 35.8 Å². The Morgan fingerprint density at radius 3 is 2.88 bits per heavy atom. The number of nitrogens with zero attached hydrogens (tertiary/aromatic N) is 4.